The molecule has 1 aliphatic rings. The molecule has 0 aliphatic carbocycles. The molecule has 132 valence electrons. The third kappa shape index (κ3) is 4.47. The van der Waals surface area contributed by atoms with Crippen LogP contribution in [0.3, 0.4) is 0 Å². The molecule has 0 saturated carbocycles. The van der Waals surface area contributed by atoms with Crippen LogP contribution in [-0.2, 0) is 0 Å². The molecule has 0 unspecified atom stereocenters. The molecular weight excluding hydrogens is 319 g/mol. The van der Waals surface area contributed by atoms with Crippen molar-refractivity contribution in [2.45, 2.75) is 31.8 Å². The minimum Gasteiger partial charge on any atom is -0.380 e. The lowest BCUT2D eigenvalue weighted by atomic mass is 10.0. The van der Waals surface area contributed by atoms with Gasteiger partial charge in [0.1, 0.15) is 5.82 Å². The number of pyridine rings is 1. The van der Waals surface area contributed by atoms with Gasteiger partial charge in [-0.1, -0.05) is 12.1 Å². The van der Waals surface area contributed by atoms with Gasteiger partial charge in [-0.25, -0.2) is 9.18 Å². The van der Waals surface area contributed by atoms with Gasteiger partial charge in [0, 0.05) is 31.5 Å². The number of piperidine rings is 1. The Morgan fingerprint density at radius 2 is 1.88 bits per heavy atom. The number of nitrogens with zero attached hydrogens (tertiary/aromatic N) is 2. The SMILES string of the molecule is C[C@@H](NC(=O)N1CCC(Nc2ccccc2F)CC1)c1ccncc1. The van der Waals surface area contributed by atoms with E-state index in [-0.39, 0.29) is 23.9 Å². The molecule has 0 spiro atoms. The third-order valence-electron chi connectivity index (χ3n) is 4.56. The molecule has 1 saturated heterocycles. The van der Waals surface area contributed by atoms with Crippen LogP contribution in [0.2, 0.25) is 0 Å². The van der Waals surface area contributed by atoms with Gasteiger partial charge >= 0.3 is 6.03 Å². The van der Waals surface area contributed by atoms with Crippen LogP contribution in [0.4, 0.5) is 14.9 Å². The summed E-state index contributed by atoms with van der Waals surface area (Å²) in [5, 5.41) is 6.25. The quantitative estimate of drug-likeness (QED) is 0.893. The van der Waals surface area contributed by atoms with Crippen LogP contribution in [0.1, 0.15) is 31.4 Å². The van der Waals surface area contributed by atoms with Crippen molar-refractivity contribution in [3.8, 4) is 0 Å². The monoisotopic (exact) mass is 342 g/mol. The highest BCUT2D eigenvalue weighted by Crippen LogP contribution is 2.20. The summed E-state index contributed by atoms with van der Waals surface area (Å²) in [5.41, 5.74) is 1.55. The summed E-state index contributed by atoms with van der Waals surface area (Å²) in [6.07, 6.45) is 5.03. The molecule has 1 aromatic carbocycles. The van der Waals surface area contributed by atoms with Gasteiger partial charge in [-0.15, -0.1) is 0 Å². The molecule has 25 heavy (non-hydrogen) atoms. The standard InChI is InChI=1S/C19H23FN4O/c1-14(15-6-10-21-11-7-15)22-19(25)24-12-8-16(9-13-24)23-18-5-3-2-4-17(18)20/h2-7,10-11,14,16,23H,8-9,12-13H2,1H3,(H,22,25)/t14-/m1/s1. The molecule has 5 nitrogen and oxygen atoms in total. The van der Waals surface area contributed by atoms with Crippen molar-refractivity contribution in [1.29, 1.82) is 0 Å². The lowest BCUT2D eigenvalue weighted by molar-refractivity contribution is 0.180. The number of hydrogen-bond donors (Lipinski definition) is 2. The second-order valence-electron chi connectivity index (χ2n) is 6.34. The lowest BCUT2D eigenvalue weighted by Gasteiger charge is -2.33. The van der Waals surface area contributed by atoms with Gasteiger partial charge in [-0.3, -0.25) is 4.98 Å². The Morgan fingerprint density at radius 1 is 1.20 bits per heavy atom. The van der Waals surface area contributed by atoms with E-state index in [0.717, 1.165) is 18.4 Å². The van der Waals surface area contributed by atoms with E-state index in [4.69, 9.17) is 0 Å². The zero-order valence-corrected chi connectivity index (χ0v) is 14.3. The van der Waals surface area contributed by atoms with Crippen LogP contribution in [0, 0.1) is 5.82 Å². The third-order valence-corrected chi connectivity index (χ3v) is 4.56. The maximum Gasteiger partial charge on any atom is 0.317 e. The van der Waals surface area contributed by atoms with Crippen LogP contribution in [0.15, 0.2) is 48.8 Å². The van der Waals surface area contributed by atoms with E-state index >= 15 is 0 Å². The summed E-state index contributed by atoms with van der Waals surface area (Å²) in [6.45, 7) is 3.27. The van der Waals surface area contributed by atoms with E-state index in [1.807, 2.05) is 30.0 Å². The first-order valence-electron chi connectivity index (χ1n) is 8.60. The topological polar surface area (TPSA) is 57.3 Å². The Hall–Kier alpha value is -2.63. The van der Waals surface area contributed by atoms with Crippen molar-refractivity contribution < 1.29 is 9.18 Å². The Labute approximate surface area is 147 Å². The normalized spacial score (nSPS) is 16.3. The van der Waals surface area contributed by atoms with Gasteiger partial charge in [0.15, 0.2) is 0 Å². The number of hydrogen-bond acceptors (Lipinski definition) is 3. The Bertz CT molecular complexity index is 702. The van der Waals surface area contributed by atoms with Crippen molar-refractivity contribution in [1.82, 2.24) is 15.2 Å². The second kappa shape index (κ2) is 7.96. The van der Waals surface area contributed by atoms with E-state index in [0.29, 0.717) is 18.8 Å². The Kier molecular flexibility index (Phi) is 5.48. The highest BCUT2D eigenvalue weighted by molar-refractivity contribution is 5.74. The van der Waals surface area contributed by atoms with E-state index < -0.39 is 0 Å². The van der Waals surface area contributed by atoms with E-state index in [2.05, 4.69) is 15.6 Å². The molecule has 6 heteroatoms. The largest absolute Gasteiger partial charge is 0.380 e. The predicted molar refractivity (Wildman–Crippen MR) is 95.8 cm³/mol. The number of urea groups is 1. The number of rotatable bonds is 4. The van der Waals surface area contributed by atoms with Crippen LogP contribution >= 0.6 is 0 Å². The summed E-state index contributed by atoms with van der Waals surface area (Å²) in [6, 6.07) is 10.5. The summed E-state index contributed by atoms with van der Waals surface area (Å²) >= 11 is 0. The fraction of sp³-hybridized carbons (Fsp3) is 0.368. The van der Waals surface area contributed by atoms with Crippen LogP contribution in [0.25, 0.3) is 0 Å². The minimum absolute atomic E-state index is 0.0614. The number of amides is 2. The zero-order chi connectivity index (χ0) is 17.6. The number of carbonyl (C=O) groups excluding carboxylic acids is 1. The van der Waals surface area contributed by atoms with E-state index in [1.54, 1.807) is 24.5 Å². The minimum atomic E-state index is -0.242. The number of likely N-dealkylation sites (tertiary alicyclic amines) is 1. The first-order valence-corrected chi connectivity index (χ1v) is 8.60. The van der Waals surface area contributed by atoms with Gasteiger partial charge in [0.25, 0.3) is 0 Å². The highest BCUT2D eigenvalue weighted by atomic mass is 19.1. The molecule has 2 heterocycles. The van der Waals surface area contributed by atoms with Crippen LogP contribution < -0.4 is 10.6 Å². The fourth-order valence-electron chi connectivity index (χ4n) is 3.04. The molecule has 3 rings (SSSR count). The van der Waals surface area contributed by atoms with Crippen LogP contribution in [-0.4, -0.2) is 35.0 Å². The first kappa shape index (κ1) is 17.2. The molecule has 0 bridgehead atoms. The van der Waals surface area contributed by atoms with Crippen molar-refractivity contribution in [2.75, 3.05) is 18.4 Å². The smallest absolute Gasteiger partial charge is 0.317 e. The summed E-state index contributed by atoms with van der Waals surface area (Å²) < 4.78 is 13.7. The maximum atomic E-state index is 13.7. The van der Waals surface area contributed by atoms with Crippen molar-refractivity contribution in [2.24, 2.45) is 0 Å². The number of aromatic nitrogens is 1. The highest BCUT2D eigenvalue weighted by Gasteiger charge is 2.24. The van der Waals surface area contributed by atoms with Crippen molar-refractivity contribution >= 4 is 11.7 Å². The van der Waals surface area contributed by atoms with Gasteiger partial charge in [0.2, 0.25) is 0 Å². The molecule has 1 aliphatic heterocycles. The van der Waals surface area contributed by atoms with Gasteiger partial charge in [-0.05, 0) is 49.6 Å². The van der Waals surface area contributed by atoms with Crippen molar-refractivity contribution in [3.05, 3.63) is 60.2 Å². The molecule has 0 radical (unpaired) electrons. The fourth-order valence-corrected chi connectivity index (χ4v) is 3.04. The van der Waals surface area contributed by atoms with Gasteiger partial charge in [0.05, 0.1) is 11.7 Å². The lowest BCUT2D eigenvalue weighted by Crippen LogP contribution is -2.47. The molecule has 1 atom stereocenters. The number of halogens is 1. The first-order chi connectivity index (χ1) is 12.1. The molecule has 1 fully saturated rings. The molecule has 2 aromatic rings. The summed E-state index contributed by atoms with van der Waals surface area (Å²) in [4.78, 5) is 18.2. The predicted octanol–water partition coefficient (Wildman–Crippen LogP) is 3.57. The zero-order valence-electron chi connectivity index (χ0n) is 14.3. The summed E-state index contributed by atoms with van der Waals surface area (Å²) in [7, 11) is 0. The number of nitrogens with one attached hydrogen (secondary N) is 2. The average molecular weight is 342 g/mol. The molecular formula is C19H23FN4O. The maximum absolute atomic E-state index is 13.7. The Balaban J connectivity index is 1.48. The second-order valence-corrected chi connectivity index (χ2v) is 6.34. The van der Waals surface area contributed by atoms with Crippen LogP contribution in [0.5, 0.6) is 0 Å². The van der Waals surface area contributed by atoms with Crippen molar-refractivity contribution in [3.63, 3.8) is 0 Å². The number of carbonyl (C=O) groups is 1. The number of para-hydroxylation sites is 1. The molecule has 2 amide bonds. The van der Waals surface area contributed by atoms with E-state index in [9.17, 15) is 9.18 Å². The van der Waals surface area contributed by atoms with E-state index in [1.165, 1.54) is 6.07 Å². The average Bonchev–Trinajstić information content (AvgIpc) is 2.65. The number of anilines is 1. The van der Waals surface area contributed by atoms with Gasteiger partial charge < -0.3 is 15.5 Å². The van der Waals surface area contributed by atoms with Gasteiger partial charge in [-0.2, -0.15) is 0 Å². The number of benzene rings is 1. The summed E-state index contributed by atoms with van der Waals surface area (Å²) in [5.74, 6) is -0.242. The molecule has 2 N–H and O–H groups in total. The molecule has 1 aromatic heterocycles. The Morgan fingerprint density at radius 3 is 2.56 bits per heavy atom.